The Balaban J connectivity index is 3.16. The van der Waals surface area contributed by atoms with Crippen molar-refractivity contribution in [2.45, 2.75) is 13.8 Å². The van der Waals surface area contributed by atoms with Gasteiger partial charge in [0.1, 0.15) is 5.69 Å². The Kier molecular flexibility index (Phi) is 2.12. The first-order valence-electron chi connectivity index (χ1n) is 3.39. The summed E-state index contributed by atoms with van der Waals surface area (Å²) in [7, 11) is 0. The molecule has 0 unspecified atom stereocenters. The van der Waals surface area contributed by atoms with Crippen molar-refractivity contribution in [3.8, 4) is 11.8 Å². The lowest BCUT2D eigenvalue weighted by molar-refractivity contribution is 1.24. The lowest BCUT2D eigenvalue weighted by Gasteiger charge is -1.97. The van der Waals surface area contributed by atoms with Gasteiger partial charge in [-0.05, 0) is 31.4 Å². The zero-order valence-corrected chi connectivity index (χ0v) is 6.68. The van der Waals surface area contributed by atoms with E-state index in [1.54, 1.807) is 13.1 Å². The van der Waals surface area contributed by atoms with Gasteiger partial charge in [0.2, 0.25) is 0 Å². The maximum absolute atomic E-state index is 5.64. The third kappa shape index (κ3) is 1.71. The van der Waals surface area contributed by atoms with Gasteiger partial charge in [-0.3, -0.25) is 0 Å². The molecule has 0 spiro atoms. The summed E-state index contributed by atoms with van der Waals surface area (Å²) in [5.74, 6) is 5.57. The normalized spacial score (nSPS) is 8.55. The molecule has 11 heavy (non-hydrogen) atoms. The minimum absolute atomic E-state index is 0.652. The van der Waals surface area contributed by atoms with E-state index in [-0.39, 0.29) is 0 Å². The zero-order valence-electron chi connectivity index (χ0n) is 6.68. The molecule has 2 nitrogen and oxygen atoms in total. The Morgan fingerprint density at radius 3 is 2.82 bits per heavy atom. The number of hydrogen-bond donors (Lipinski definition) is 1. The standard InChI is InChI=1S/C9H10N2/c1-3-4-9-8(10)5-7(2)6-11-9/h5-6H,10H2,1-2H3. The third-order valence-electron chi connectivity index (χ3n) is 1.30. The Bertz CT molecular complexity index is 318. The van der Waals surface area contributed by atoms with Gasteiger partial charge in [-0.15, -0.1) is 0 Å². The average Bonchev–Trinajstić information content (AvgIpc) is 1.95. The van der Waals surface area contributed by atoms with Gasteiger partial charge in [0.15, 0.2) is 0 Å². The Labute approximate surface area is 66.4 Å². The fourth-order valence-electron chi connectivity index (χ4n) is 0.815. The Morgan fingerprint density at radius 2 is 2.27 bits per heavy atom. The molecule has 0 saturated heterocycles. The van der Waals surface area contributed by atoms with Crippen LogP contribution in [0, 0.1) is 18.8 Å². The first-order chi connectivity index (χ1) is 5.24. The highest BCUT2D eigenvalue weighted by Gasteiger charge is 1.94. The molecule has 0 aromatic carbocycles. The van der Waals surface area contributed by atoms with Crippen LogP contribution in [-0.4, -0.2) is 4.98 Å². The number of hydrogen-bond acceptors (Lipinski definition) is 2. The van der Waals surface area contributed by atoms with Crippen molar-refractivity contribution in [3.05, 3.63) is 23.5 Å². The molecule has 0 fully saturated rings. The molecule has 0 atom stereocenters. The van der Waals surface area contributed by atoms with Gasteiger partial charge in [-0.2, -0.15) is 0 Å². The second-order valence-electron chi connectivity index (χ2n) is 2.33. The summed E-state index contributed by atoms with van der Waals surface area (Å²) in [6.45, 7) is 3.72. The number of pyridine rings is 1. The van der Waals surface area contributed by atoms with Gasteiger partial charge in [-0.25, -0.2) is 4.98 Å². The van der Waals surface area contributed by atoms with Crippen molar-refractivity contribution < 1.29 is 0 Å². The van der Waals surface area contributed by atoms with Crippen molar-refractivity contribution in [1.82, 2.24) is 4.98 Å². The molecule has 1 heterocycles. The summed E-state index contributed by atoms with van der Waals surface area (Å²) < 4.78 is 0. The van der Waals surface area contributed by atoms with Crippen molar-refractivity contribution in [2.75, 3.05) is 5.73 Å². The number of anilines is 1. The van der Waals surface area contributed by atoms with Gasteiger partial charge in [0.05, 0.1) is 5.69 Å². The number of rotatable bonds is 0. The molecule has 2 heteroatoms. The van der Waals surface area contributed by atoms with E-state index in [1.807, 2.05) is 13.0 Å². The molecule has 0 amide bonds. The van der Waals surface area contributed by atoms with Crippen molar-refractivity contribution >= 4 is 5.69 Å². The molecule has 0 aliphatic rings. The van der Waals surface area contributed by atoms with Crippen LogP contribution in [-0.2, 0) is 0 Å². The summed E-state index contributed by atoms with van der Waals surface area (Å²) >= 11 is 0. The molecule has 0 saturated carbocycles. The summed E-state index contributed by atoms with van der Waals surface area (Å²) in [5, 5.41) is 0. The quantitative estimate of drug-likeness (QED) is 0.561. The molecule has 56 valence electrons. The lowest BCUT2D eigenvalue weighted by Crippen LogP contribution is -1.93. The van der Waals surface area contributed by atoms with E-state index in [1.165, 1.54) is 0 Å². The van der Waals surface area contributed by atoms with Crippen molar-refractivity contribution in [3.63, 3.8) is 0 Å². The SMILES string of the molecule is CC#Cc1ncc(C)cc1N. The van der Waals surface area contributed by atoms with E-state index in [0.717, 1.165) is 5.56 Å². The monoisotopic (exact) mass is 146 g/mol. The van der Waals surface area contributed by atoms with Gasteiger partial charge < -0.3 is 5.73 Å². The second-order valence-corrected chi connectivity index (χ2v) is 2.33. The van der Waals surface area contributed by atoms with Gasteiger partial charge in [0.25, 0.3) is 0 Å². The summed E-state index contributed by atoms with van der Waals surface area (Å²) in [5.41, 5.74) is 8.02. The van der Waals surface area contributed by atoms with Crippen LogP contribution in [0.5, 0.6) is 0 Å². The third-order valence-corrected chi connectivity index (χ3v) is 1.30. The fourth-order valence-corrected chi connectivity index (χ4v) is 0.815. The first-order valence-corrected chi connectivity index (χ1v) is 3.39. The first kappa shape index (κ1) is 7.62. The highest BCUT2D eigenvalue weighted by molar-refractivity contribution is 5.52. The molecule has 1 rings (SSSR count). The minimum atomic E-state index is 0.652. The van der Waals surface area contributed by atoms with Crippen LogP contribution in [0.2, 0.25) is 0 Å². The molecular weight excluding hydrogens is 136 g/mol. The number of aryl methyl sites for hydroxylation is 1. The number of nitrogens with two attached hydrogens (primary N) is 1. The van der Waals surface area contributed by atoms with Crippen LogP contribution in [0.15, 0.2) is 12.3 Å². The van der Waals surface area contributed by atoms with Crippen molar-refractivity contribution in [2.24, 2.45) is 0 Å². The molecule has 1 aromatic rings. The van der Waals surface area contributed by atoms with Gasteiger partial charge >= 0.3 is 0 Å². The van der Waals surface area contributed by atoms with E-state index in [0.29, 0.717) is 11.4 Å². The average molecular weight is 146 g/mol. The predicted molar refractivity (Wildman–Crippen MR) is 45.9 cm³/mol. The van der Waals surface area contributed by atoms with Crippen LogP contribution in [0.1, 0.15) is 18.2 Å². The van der Waals surface area contributed by atoms with E-state index in [2.05, 4.69) is 16.8 Å². The van der Waals surface area contributed by atoms with Crippen molar-refractivity contribution in [1.29, 1.82) is 0 Å². The van der Waals surface area contributed by atoms with E-state index < -0.39 is 0 Å². The van der Waals surface area contributed by atoms with Crippen LogP contribution < -0.4 is 5.73 Å². The minimum Gasteiger partial charge on any atom is -0.396 e. The van der Waals surface area contributed by atoms with Gasteiger partial charge in [0, 0.05) is 6.20 Å². The largest absolute Gasteiger partial charge is 0.396 e. The number of aromatic nitrogens is 1. The molecule has 0 bridgehead atoms. The molecule has 0 radical (unpaired) electrons. The second kappa shape index (κ2) is 3.07. The zero-order chi connectivity index (χ0) is 8.27. The van der Waals surface area contributed by atoms with Crippen LogP contribution in [0.3, 0.4) is 0 Å². The molecule has 2 N–H and O–H groups in total. The van der Waals surface area contributed by atoms with E-state index in [4.69, 9.17) is 5.73 Å². The summed E-state index contributed by atoms with van der Waals surface area (Å²) in [6, 6.07) is 1.87. The molecular formula is C9H10N2. The Morgan fingerprint density at radius 1 is 1.55 bits per heavy atom. The fraction of sp³-hybridized carbons (Fsp3) is 0.222. The van der Waals surface area contributed by atoms with Gasteiger partial charge in [-0.1, -0.05) is 5.92 Å². The van der Waals surface area contributed by atoms with Crippen LogP contribution in [0.4, 0.5) is 5.69 Å². The van der Waals surface area contributed by atoms with E-state index >= 15 is 0 Å². The summed E-state index contributed by atoms with van der Waals surface area (Å²) in [4.78, 5) is 4.07. The maximum atomic E-state index is 5.64. The summed E-state index contributed by atoms with van der Waals surface area (Å²) in [6.07, 6.45) is 1.76. The Hall–Kier alpha value is -1.49. The number of nitrogens with zero attached hydrogens (tertiary/aromatic N) is 1. The van der Waals surface area contributed by atoms with Crippen LogP contribution in [0.25, 0.3) is 0 Å². The smallest absolute Gasteiger partial charge is 0.136 e. The highest BCUT2D eigenvalue weighted by Crippen LogP contribution is 2.08. The number of nitrogen functional groups attached to an aromatic ring is 1. The molecule has 0 aliphatic carbocycles. The predicted octanol–water partition coefficient (Wildman–Crippen LogP) is 1.34. The topological polar surface area (TPSA) is 38.9 Å². The maximum Gasteiger partial charge on any atom is 0.136 e. The lowest BCUT2D eigenvalue weighted by atomic mass is 10.2. The van der Waals surface area contributed by atoms with Crippen LogP contribution >= 0.6 is 0 Å². The molecule has 0 aliphatic heterocycles. The highest BCUT2D eigenvalue weighted by atomic mass is 14.7. The molecule has 1 aromatic heterocycles. The van der Waals surface area contributed by atoms with E-state index in [9.17, 15) is 0 Å².